The molecule has 0 heterocycles. The smallest absolute Gasteiger partial charge is 0.228 e. The second-order valence-electron chi connectivity index (χ2n) is 6.02. The van der Waals surface area contributed by atoms with Crippen molar-refractivity contribution in [3.63, 3.8) is 0 Å². The zero-order chi connectivity index (χ0) is 13.8. The average Bonchev–Trinajstić information content (AvgIpc) is 2.26. The third kappa shape index (κ3) is 4.88. The SMILES string of the molecule is CN(C(=O)CC(N)CC(C)(C)C)c1ccccc1. The predicted molar refractivity (Wildman–Crippen MR) is 76.5 cm³/mol. The van der Waals surface area contributed by atoms with Crippen molar-refractivity contribution < 1.29 is 4.79 Å². The molecule has 0 saturated carbocycles. The summed E-state index contributed by atoms with van der Waals surface area (Å²) < 4.78 is 0. The Hall–Kier alpha value is -1.35. The van der Waals surface area contributed by atoms with Crippen molar-refractivity contribution in [2.45, 2.75) is 39.7 Å². The number of rotatable bonds is 4. The van der Waals surface area contributed by atoms with Crippen LogP contribution in [0.4, 0.5) is 5.69 Å². The fourth-order valence-corrected chi connectivity index (χ4v) is 2.02. The van der Waals surface area contributed by atoms with E-state index >= 15 is 0 Å². The first-order valence-corrected chi connectivity index (χ1v) is 6.37. The molecular weight excluding hydrogens is 224 g/mol. The fourth-order valence-electron chi connectivity index (χ4n) is 2.02. The van der Waals surface area contributed by atoms with E-state index < -0.39 is 0 Å². The molecule has 0 saturated heterocycles. The minimum Gasteiger partial charge on any atom is -0.327 e. The molecule has 2 N–H and O–H groups in total. The number of para-hydroxylation sites is 1. The van der Waals surface area contributed by atoms with Crippen LogP contribution in [0.3, 0.4) is 0 Å². The molecule has 0 bridgehead atoms. The van der Waals surface area contributed by atoms with Crippen LogP contribution in [0.5, 0.6) is 0 Å². The van der Waals surface area contributed by atoms with Gasteiger partial charge in [0.2, 0.25) is 5.91 Å². The standard InChI is InChI=1S/C15H24N2O/c1-15(2,3)11-12(16)10-14(18)17(4)13-8-6-5-7-9-13/h5-9,12H,10-11,16H2,1-4H3. The lowest BCUT2D eigenvalue weighted by atomic mass is 9.87. The molecule has 0 fully saturated rings. The van der Waals surface area contributed by atoms with Crippen molar-refractivity contribution in [3.8, 4) is 0 Å². The van der Waals surface area contributed by atoms with Gasteiger partial charge >= 0.3 is 0 Å². The number of hydrogen-bond acceptors (Lipinski definition) is 2. The Balaban J connectivity index is 2.56. The van der Waals surface area contributed by atoms with E-state index in [4.69, 9.17) is 5.73 Å². The van der Waals surface area contributed by atoms with Crippen LogP contribution in [-0.2, 0) is 4.79 Å². The molecule has 18 heavy (non-hydrogen) atoms. The highest BCUT2D eigenvalue weighted by molar-refractivity contribution is 5.93. The number of amides is 1. The number of carbonyl (C=O) groups excluding carboxylic acids is 1. The van der Waals surface area contributed by atoms with Gasteiger partial charge in [0.25, 0.3) is 0 Å². The van der Waals surface area contributed by atoms with E-state index in [2.05, 4.69) is 20.8 Å². The molecular formula is C15H24N2O. The monoisotopic (exact) mass is 248 g/mol. The molecule has 3 nitrogen and oxygen atoms in total. The van der Waals surface area contributed by atoms with E-state index in [0.717, 1.165) is 12.1 Å². The summed E-state index contributed by atoms with van der Waals surface area (Å²) in [5.74, 6) is 0.0675. The molecule has 0 radical (unpaired) electrons. The highest BCUT2D eigenvalue weighted by Gasteiger charge is 2.20. The first kappa shape index (κ1) is 14.7. The maximum Gasteiger partial charge on any atom is 0.228 e. The van der Waals surface area contributed by atoms with E-state index in [1.165, 1.54) is 0 Å². The molecule has 0 aliphatic rings. The van der Waals surface area contributed by atoms with Crippen LogP contribution in [0.25, 0.3) is 0 Å². The van der Waals surface area contributed by atoms with Crippen molar-refractivity contribution in [1.82, 2.24) is 0 Å². The molecule has 1 aromatic rings. The average molecular weight is 248 g/mol. The molecule has 1 unspecified atom stereocenters. The number of carbonyl (C=O) groups is 1. The van der Waals surface area contributed by atoms with E-state index in [9.17, 15) is 4.79 Å². The molecule has 3 heteroatoms. The normalized spacial score (nSPS) is 13.2. The molecule has 0 aliphatic carbocycles. The Kier molecular flexibility index (Phi) is 4.91. The maximum atomic E-state index is 12.1. The van der Waals surface area contributed by atoms with Gasteiger partial charge in [0.1, 0.15) is 0 Å². The molecule has 1 rings (SSSR count). The van der Waals surface area contributed by atoms with Gasteiger partial charge in [-0.05, 0) is 24.0 Å². The third-order valence-corrected chi connectivity index (χ3v) is 2.83. The lowest BCUT2D eigenvalue weighted by Gasteiger charge is -2.24. The van der Waals surface area contributed by atoms with Gasteiger partial charge in [0.15, 0.2) is 0 Å². The van der Waals surface area contributed by atoms with Gasteiger partial charge in [-0.1, -0.05) is 39.0 Å². The second kappa shape index (κ2) is 6.01. The van der Waals surface area contributed by atoms with Crippen molar-refractivity contribution in [3.05, 3.63) is 30.3 Å². The van der Waals surface area contributed by atoms with E-state index in [0.29, 0.717) is 6.42 Å². The molecule has 1 aromatic carbocycles. The highest BCUT2D eigenvalue weighted by atomic mass is 16.2. The number of nitrogens with two attached hydrogens (primary N) is 1. The summed E-state index contributed by atoms with van der Waals surface area (Å²) >= 11 is 0. The predicted octanol–water partition coefficient (Wildman–Crippen LogP) is 2.80. The Morgan fingerprint density at radius 2 is 1.83 bits per heavy atom. The Bertz CT molecular complexity index is 381. The van der Waals surface area contributed by atoms with Crippen LogP contribution in [-0.4, -0.2) is 19.0 Å². The van der Waals surface area contributed by atoms with Crippen LogP contribution in [0.15, 0.2) is 30.3 Å². The molecule has 1 amide bonds. The van der Waals surface area contributed by atoms with Gasteiger partial charge < -0.3 is 10.6 Å². The summed E-state index contributed by atoms with van der Waals surface area (Å²) in [6.07, 6.45) is 1.24. The molecule has 0 aromatic heterocycles. The fraction of sp³-hybridized carbons (Fsp3) is 0.533. The molecule has 1 atom stereocenters. The van der Waals surface area contributed by atoms with Gasteiger partial charge in [-0.25, -0.2) is 0 Å². The quantitative estimate of drug-likeness (QED) is 0.890. The number of benzene rings is 1. The summed E-state index contributed by atoms with van der Waals surface area (Å²) in [4.78, 5) is 13.8. The minimum atomic E-state index is -0.0799. The first-order chi connectivity index (χ1) is 8.29. The lowest BCUT2D eigenvalue weighted by Crippen LogP contribution is -2.35. The van der Waals surface area contributed by atoms with Crippen LogP contribution >= 0.6 is 0 Å². The Morgan fingerprint density at radius 1 is 1.28 bits per heavy atom. The summed E-state index contributed by atoms with van der Waals surface area (Å²) in [7, 11) is 1.79. The Labute approximate surface area is 110 Å². The third-order valence-electron chi connectivity index (χ3n) is 2.83. The van der Waals surface area contributed by atoms with Gasteiger partial charge in [-0.3, -0.25) is 4.79 Å². The van der Waals surface area contributed by atoms with E-state index in [1.54, 1.807) is 11.9 Å². The van der Waals surface area contributed by atoms with Crippen molar-refractivity contribution in [1.29, 1.82) is 0 Å². The van der Waals surface area contributed by atoms with Gasteiger partial charge in [-0.2, -0.15) is 0 Å². The maximum absolute atomic E-state index is 12.1. The van der Waals surface area contributed by atoms with Gasteiger partial charge in [-0.15, -0.1) is 0 Å². The van der Waals surface area contributed by atoms with Crippen LogP contribution in [0.1, 0.15) is 33.6 Å². The zero-order valence-corrected chi connectivity index (χ0v) is 11.8. The van der Waals surface area contributed by atoms with Crippen molar-refractivity contribution >= 4 is 11.6 Å². The van der Waals surface area contributed by atoms with Crippen LogP contribution in [0.2, 0.25) is 0 Å². The van der Waals surface area contributed by atoms with Gasteiger partial charge in [0.05, 0.1) is 0 Å². The molecule has 0 spiro atoms. The summed E-state index contributed by atoms with van der Waals surface area (Å²) in [6, 6.07) is 9.55. The number of hydrogen-bond donors (Lipinski definition) is 1. The summed E-state index contributed by atoms with van der Waals surface area (Å²) in [5, 5.41) is 0. The highest BCUT2D eigenvalue weighted by Crippen LogP contribution is 2.22. The minimum absolute atomic E-state index is 0.0675. The van der Waals surface area contributed by atoms with Crippen molar-refractivity contribution in [2.75, 3.05) is 11.9 Å². The Morgan fingerprint density at radius 3 is 2.33 bits per heavy atom. The lowest BCUT2D eigenvalue weighted by molar-refractivity contribution is -0.118. The van der Waals surface area contributed by atoms with E-state index in [1.807, 2.05) is 30.3 Å². The van der Waals surface area contributed by atoms with Gasteiger partial charge in [0, 0.05) is 25.2 Å². The number of nitrogens with zero attached hydrogens (tertiary/aromatic N) is 1. The largest absolute Gasteiger partial charge is 0.327 e. The first-order valence-electron chi connectivity index (χ1n) is 6.37. The molecule has 100 valence electrons. The molecule has 0 aliphatic heterocycles. The second-order valence-corrected chi connectivity index (χ2v) is 6.02. The zero-order valence-electron chi connectivity index (χ0n) is 11.8. The number of anilines is 1. The summed E-state index contributed by atoms with van der Waals surface area (Å²) in [5.41, 5.74) is 7.09. The van der Waals surface area contributed by atoms with Crippen LogP contribution < -0.4 is 10.6 Å². The van der Waals surface area contributed by atoms with Crippen LogP contribution in [0, 0.1) is 5.41 Å². The topological polar surface area (TPSA) is 46.3 Å². The van der Waals surface area contributed by atoms with Crippen molar-refractivity contribution in [2.24, 2.45) is 11.1 Å². The summed E-state index contributed by atoms with van der Waals surface area (Å²) in [6.45, 7) is 6.41. The van der Waals surface area contributed by atoms with E-state index in [-0.39, 0.29) is 17.4 Å².